The number of carbonyl (C=O) groups excluding carboxylic acids is 2. The summed E-state index contributed by atoms with van der Waals surface area (Å²) in [5.41, 5.74) is 3.37. The highest BCUT2D eigenvalue weighted by atomic mass is 16.5. The van der Waals surface area contributed by atoms with Gasteiger partial charge in [-0.15, -0.1) is 5.10 Å². The van der Waals surface area contributed by atoms with E-state index in [1.165, 1.54) is 11.7 Å². The Morgan fingerprint density at radius 3 is 2.39 bits per heavy atom. The normalized spacial score (nSPS) is 11.7. The maximum atomic E-state index is 12.4. The van der Waals surface area contributed by atoms with E-state index >= 15 is 0 Å². The summed E-state index contributed by atoms with van der Waals surface area (Å²) in [6.07, 6.45) is -0.945. The van der Waals surface area contributed by atoms with Gasteiger partial charge in [0.2, 0.25) is 0 Å². The first kappa shape index (κ1) is 19.3. The van der Waals surface area contributed by atoms with E-state index in [9.17, 15) is 9.59 Å². The fourth-order valence-corrected chi connectivity index (χ4v) is 2.55. The minimum absolute atomic E-state index is 0.0852. The van der Waals surface area contributed by atoms with E-state index < -0.39 is 12.1 Å². The molecule has 0 unspecified atom stereocenters. The van der Waals surface area contributed by atoms with E-state index in [0.717, 1.165) is 16.8 Å². The number of ether oxygens (including phenoxy) is 1. The number of hydrogen-bond donors (Lipinski definition) is 1. The minimum atomic E-state index is -0.945. The molecule has 0 saturated carbocycles. The first-order valence-electron chi connectivity index (χ1n) is 8.97. The van der Waals surface area contributed by atoms with Crippen molar-refractivity contribution in [3.63, 3.8) is 0 Å². The van der Waals surface area contributed by atoms with Crippen LogP contribution in [0.4, 0.5) is 0 Å². The molecule has 0 spiro atoms. The summed E-state index contributed by atoms with van der Waals surface area (Å²) in [6, 6.07) is 17.1. The number of carbonyl (C=O) groups is 2. The summed E-state index contributed by atoms with van der Waals surface area (Å²) in [6.45, 7) is 5.56. The van der Waals surface area contributed by atoms with E-state index in [1.807, 2.05) is 61.5 Å². The number of benzene rings is 2. The Morgan fingerprint density at radius 2 is 1.71 bits per heavy atom. The van der Waals surface area contributed by atoms with Crippen LogP contribution in [0, 0.1) is 13.8 Å². The number of para-hydroxylation sites is 1. The van der Waals surface area contributed by atoms with Crippen LogP contribution in [0.15, 0.2) is 54.6 Å². The molecule has 2 aromatic carbocycles. The van der Waals surface area contributed by atoms with E-state index in [0.29, 0.717) is 12.2 Å². The summed E-state index contributed by atoms with van der Waals surface area (Å²) in [4.78, 5) is 26.0. The predicted octanol–water partition coefficient (Wildman–Crippen LogP) is 2.75. The Morgan fingerprint density at radius 1 is 1.04 bits per heavy atom. The van der Waals surface area contributed by atoms with Crippen molar-refractivity contribution in [1.82, 2.24) is 20.3 Å². The Labute approximate surface area is 163 Å². The van der Waals surface area contributed by atoms with Crippen molar-refractivity contribution in [3.05, 3.63) is 77.1 Å². The molecule has 0 saturated heterocycles. The van der Waals surface area contributed by atoms with Crippen LogP contribution in [0.2, 0.25) is 0 Å². The Balaban J connectivity index is 1.60. The van der Waals surface area contributed by atoms with Crippen molar-refractivity contribution < 1.29 is 14.3 Å². The maximum absolute atomic E-state index is 12.4. The molecule has 0 radical (unpaired) electrons. The second-order valence-corrected chi connectivity index (χ2v) is 6.51. The quantitative estimate of drug-likeness (QED) is 0.667. The molecule has 1 atom stereocenters. The van der Waals surface area contributed by atoms with E-state index in [1.54, 1.807) is 6.92 Å². The van der Waals surface area contributed by atoms with Gasteiger partial charge in [-0.3, -0.25) is 4.79 Å². The van der Waals surface area contributed by atoms with E-state index in [4.69, 9.17) is 4.74 Å². The fraction of sp³-hybridized carbons (Fsp3) is 0.238. The van der Waals surface area contributed by atoms with Gasteiger partial charge in [-0.1, -0.05) is 48.0 Å². The van der Waals surface area contributed by atoms with E-state index in [2.05, 4.69) is 15.5 Å². The number of aryl methyl sites for hydroxylation is 2. The number of nitrogens with one attached hydrogen (secondary N) is 1. The summed E-state index contributed by atoms with van der Waals surface area (Å²) in [5.74, 6) is -1.06. The number of hydrogen-bond acceptors (Lipinski definition) is 5. The van der Waals surface area contributed by atoms with Crippen molar-refractivity contribution in [1.29, 1.82) is 0 Å². The number of rotatable bonds is 6. The summed E-state index contributed by atoms with van der Waals surface area (Å²) in [7, 11) is 0. The van der Waals surface area contributed by atoms with Crippen LogP contribution >= 0.6 is 0 Å². The van der Waals surface area contributed by atoms with Crippen LogP contribution in [0.25, 0.3) is 5.69 Å². The monoisotopic (exact) mass is 378 g/mol. The lowest BCUT2D eigenvalue weighted by Crippen LogP contribution is -2.35. The van der Waals surface area contributed by atoms with Crippen molar-refractivity contribution in [2.75, 3.05) is 0 Å². The lowest BCUT2D eigenvalue weighted by molar-refractivity contribution is -0.129. The molecule has 7 heteroatoms. The van der Waals surface area contributed by atoms with Gasteiger partial charge in [0.25, 0.3) is 5.91 Å². The predicted molar refractivity (Wildman–Crippen MR) is 104 cm³/mol. The first-order valence-corrected chi connectivity index (χ1v) is 8.97. The minimum Gasteiger partial charge on any atom is -0.448 e. The van der Waals surface area contributed by atoms with Crippen LogP contribution in [-0.2, 0) is 16.1 Å². The van der Waals surface area contributed by atoms with Crippen LogP contribution in [0.5, 0.6) is 0 Å². The van der Waals surface area contributed by atoms with E-state index in [-0.39, 0.29) is 11.6 Å². The van der Waals surface area contributed by atoms with Gasteiger partial charge in [-0.05, 0) is 38.5 Å². The number of esters is 1. The molecule has 28 heavy (non-hydrogen) atoms. The Bertz CT molecular complexity index is 965. The highest BCUT2D eigenvalue weighted by Gasteiger charge is 2.23. The average Bonchev–Trinajstić information content (AvgIpc) is 3.09. The Hall–Kier alpha value is -3.48. The molecule has 0 bridgehead atoms. The molecule has 7 nitrogen and oxygen atoms in total. The fourth-order valence-electron chi connectivity index (χ4n) is 2.55. The first-order chi connectivity index (χ1) is 13.4. The summed E-state index contributed by atoms with van der Waals surface area (Å²) >= 11 is 0. The average molecular weight is 378 g/mol. The van der Waals surface area contributed by atoms with Crippen molar-refractivity contribution >= 4 is 11.9 Å². The molecule has 0 fully saturated rings. The van der Waals surface area contributed by atoms with Crippen molar-refractivity contribution in [3.8, 4) is 5.69 Å². The zero-order valence-corrected chi connectivity index (χ0v) is 16.0. The number of amides is 1. The zero-order valence-electron chi connectivity index (χ0n) is 16.0. The topological polar surface area (TPSA) is 86.1 Å². The van der Waals surface area contributed by atoms with Gasteiger partial charge in [0.15, 0.2) is 11.8 Å². The van der Waals surface area contributed by atoms with Crippen LogP contribution in [0.1, 0.15) is 34.2 Å². The third-order valence-electron chi connectivity index (χ3n) is 4.20. The molecular weight excluding hydrogens is 356 g/mol. The molecule has 1 N–H and O–H groups in total. The molecule has 0 aliphatic carbocycles. The second-order valence-electron chi connectivity index (χ2n) is 6.51. The SMILES string of the molecule is Cc1ccc(CNC(=O)[C@H](C)OC(=O)c2nn(-c3ccccc3)nc2C)cc1. The molecular formula is C21H22N4O3. The zero-order chi connectivity index (χ0) is 20.1. The Kier molecular flexibility index (Phi) is 5.84. The van der Waals surface area contributed by atoms with Gasteiger partial charge >= 0.3 is 5.97 Å². The van der Waals surface area contributed by atoms with Crippen molar-refractivity contribution in [2.45, 2.75) is 33.4 Å². The standard InChI is InChI=1S/C21H22N4O3/c1-14-9-11-17(12-10-14)13-22-20(26)16(3)28-21(27)19-15(2)23-25(24-19)18-7-5-4-6-8-18/h4-12,16H,13H2,1-3H3,(H,22,26)/t16-/m0/s1. The van der Waals surface area contributed by atoms with Gasteiger partial charge in [0.05, 0.1) is 11.4 Å². The third-order valence-corrected chi connectivity index (χ3v) is 4.20. The van der Waals surface area contributed by atoms with Crippen LogP contribution in [0.3, 0.4) is 0 Å². The lowest BCUT2D eigenvalue weighted by atomic mass is 10.1. The molecule has 0 aliphatic rings. The highest BCUT2D eigenvalue weighted by molar-refractivity contribution is 5.91. The van der Waals surface area contributed by atoms with Gasteiger partial charge in [-0.2, -0.15) is 9.90 Å². The second kappa shape index (κ2) is 8.47. The molecule has 144 valence electrons. The van der Waals surface area contributed by atoms with Gasteiger partial charge < -0.3 is 10.1 Å². The lowest BCUT2D eigenvalue weighted by Gasteiger charge is -2.13. The summed E-state index contributed by atoms with van der Waals surface area (Å²) in [5, 5.41) is 11.2. The largest absolute Gasteiger partial charge is 0.448 e. The maximum Gasteiger partial charge on any atom is 0.361 e. The molecule has 1 heterocycles. The molecule has 1 aromatic heterocycles. The van der Waals surface area contributed by atoms with Crippen molar-refractivity contribution in [2.24, 2.45) is 0 Å². The van der Waals surface area contributed by atoms with Crippen LogP contribution < -0.4 is 5.32 Å². The van der Waals surface area contributed by atoms with Gasteiger partial charge in [-0.25, -0.2) is 4.79 Å². The third kappa shape index (κ3) is 4.62. The molecule has 0 aliphatic heterocycles. The summed E-state index contributed by atoms with van der Waals surface area (Å²) < 4.78 is 5.27. The molecule has 3 rings (SSSR count). The van der Waals surface area contributed by atoms with Crippen LogP contribution in [-0.4, -0.2) is 33.0 Å². The highest BCUT2D eigenvalue weighted by Crippen LogP contribution is 2.10. The molecule has 3 aromatic rings. The smallest absolute Gasteiger partial charge is 0.361 e. The number of aromatic nitrogens is 3. The van der Waals surface area contributed by atoms with Gasteiger partial charge in [0, 0.05) is 6.54 Å². The molecule has 1 amide bonds. The number of nitrogens with zero attached hydrogens (tertiary/aromatic N) is 3. The van der Waals surface area contributed by atoms with Gasteiger partial charge in [0.1, 0.15) is 0 Å².